The maximum atomic E-state index is 11.7. The van der Waals surface area contributed by atoms with Gasteiger partial charge in [0, 0.05) is 30.1 Å². The number of hydrogen-bond donors (Lipinski definition) is 1. The molecular formula is C14H15N5O2S. The summed E-state index contributed by atoms with van der Waals surface area (Å²) in [6, 6.07) is 3.54. The number of rotatable bonds is 5. The van der Waals surface area contributed by atoms with Crippen LogP contribution in [-0.2, 0) is 6.42 Å². The molecule has 3 rings (SSSR count). The fraction of sp³-hybridized carbons (Fsp3) is 0.286. The first-order valence-corrected chi connectivity index (χ1v) is 7.68. The lowest BCUT2D eigenvalue weighted by Crippen LogP contribution is -2.25. The fourth-order valence-corrected chi connectivity index (χ4v) is 2.92. The summed E-state index contributed by atoms with van der Waals surface area (Å²) in [7, 11) is 0. The first kappa shape index (κ1) is 14.5. The van der Waals surface area contributed by atoms with Gasteiger partial charge in [-0.05, 0) is 19.9 Å². The molecule has 0 saturated heterocycles. The van der Waals surface area contributed by atoms with Gasteiger partial charge in [-0.3, -0.25) is 4.79 Å². The van der Waals surface area contributed by atoms with E-state index in [4.69, 9.17) is 4.52 Å². The van der Waals surface area contributed by atoms with E-state index in [-0.39, 0.29) is 11.7 Å². The number of nitrogens with one attached hydrogen (secondary N) is 1. The predicted molar refractivity (Wildman–Crippen MR) is 81.3 cm³/mol. The maximum absolute atomic E-state index is 11.7. The highest BCUT2D eigenvalue weighted by Gasteiger charge is 2.11. The number of thiazole rings is 1. The molecule has 3 aromatic rings. The van der Waals surface area contributed by atoms with Crippen molar-refractivity contribution in [3.63, 3.8) is 0 Å². The van der Waals surface area contributed by atoms with Crippen molar-refractivity contribution in [3.05, 3.63) is 46.6 Å². The first-order valence-electron chi connectivity index (χ1n) is 6.80. The molecule has 0 radical (unpaired) electrons. The van der Waals surface area contributed by atoms with Crippen molar-refractivity contribution < 1.29 is 9.32 Å². The molecule has 7 nitrogen and oxygen atoms in total. The van der Waals surface area contributed by atoms with E-state index >= 15 is 0 Å². The summed E-state index contributed by atoms with van der Waals surface area (Å²) in [4.78, 5) is 16.2. The lowest BCUT2D eigenvalue weighted by molar-refractivity contribution is 0.0917. The van der Waals surface area contributed by atoms with E-state index in [0.29, 0.717) is 13.0 Å². The lowest BCUT2D eigenvalue weighted by Gasteiger charge is -2.00. The van der Waals surface area contributed by atoms with Gasteiger partial charge in [-0.1, -0.05) is 5.16 Å². The van der Waals surface area contributed by atoms with E-state index in [9.17, 15) is 4.79 Å². The van der Waals surface area contributed by atoms with Crippen molar-refractivity contribution >= 4 is 17.2 Å². The topological polar surface area (TPSA) is 85.8 Å². The number of carbonyl (C=O) groups is 1. The van der Waals surface area contributed by atoms with Crippen LogP contribution in [0, 0.1) is 13.8 Å². The summed E-state index contributed by atoms with van der Waals surface area (Å²) in [6.07, 6.45) is 2.09. The average Bonchev–Trinajstić information content (AvgIpc) is 3.20. The van der Waals surface area contributed by atoms with Crippen LogP contribution in [-0.4, -0.2) is 32.4 Å². The monoisotopic (exact) mass is 317 g/mol. The molecule has 0 aliphatic heterocycles. The molecule has 0 bridgehead atoms. The van der Waals surface area contributed by atoms with Gasteiger partial charge in [0.05, 0.1) is 17.6 Å². The van der Waals surface area contributed by atoms with Gasteiger partial charge in [0.15, 0.2) is 0 Å². The molecule has 0 aliphatic carbocycles. The minimum Gasteiger partial charge on any atom is -0.351 e. The summed E-state index contributed by atoms with van der Waals surface area (Å²) < 4.78 is 6.62. The number of aryl methyl sites for hydroxylation is 2. The van der Waals surface area contributed by atoms with E-state index in [1.165, 1.54) is 23.6 Å². The molecule has 8 heteroatoms. The Morgan fingerprint density at radius 1 is 1.45 bits per heavy atom. The molecule has 114 valence electrons. The molecule has 0 aromatic carbocycles. The summed E-state index contributed by atoms with van der Waals surface area (Å²) in [5.74, 6) is -0.0619. The van der Waals surface area contributed by atoms with Crippen molar-refractivity contribution in [2.45, 2.75) is 20.3 Å². The number of carbonyl (C=O) groups excluding carboxylic acids is 1. The Labute approximate surface area is 131 Å². The Morgan fingerprint density at radius 2 is 2.32 bits per heavy atom. The van der Waals surface area contributed by atoms with Crippen LogP contribution in [0.3, 0.4) is 0 Å². The van der Waals surface area contributed by atoms with Gasteiger partial charge in [-0.2, -0.15) is 5.10 Å². The minimum atomic E-state index is -0.272. The highest BCUT2D eigenvalue weighted by Crippen LogP contribution is 2.17. The molecule has 0 atom stereocenters. The molecule has 3 heterocycles. The highest BCUT2D eigenvalue weighted by atomic mass is 32.1. The maximum Gasteiger partial charge on any atom is 0.289 e. The van der Waals surface area contributed by atoms with Gasteiger partial charge in [0.2, 0.25) is 10.9 Å². The van der Waals surface area contributed by atoms with Crippen LogP contribution in [0.25, 0.3) is 5.13 Å². The fourth-order valence-electron chi connectivity index (χ4n) is 2.06. The summed E-state index contributed by atoms with van der Waals surface area (Å²) in [5, 5.41) is 13.5. The predicted octanol–water partition coefficient (Wildman–Crippen LogP) is 1.91. The third-order valence-corrected chi connectivity index (χ3v) is 3.92. The van der Waals surface area contributed by atoms with Crippen LogP contribution in [0.1, 0.15) is 27.6 Å². The van der Waals surface area contributed by atoms with Crippen LogP contribution in [0.15, 0.2) is 28.2 Å². The average molecular weight is 317 g/mol. The van der Waals surface area contributed by atoms with Crippen LogP contribution < -0.4 is 5.32 Å². The summed E-state index contributed by atoms with van der Waals surface area (Å²) in [6.45, 7) is 4.44. The van der Waals surface area contributed by atoms with Crippen molar-refractivity contribution in [2.24, 2.45) is 0 Å². The molecule has 0 saturated carbocycles. The van der Waals surface area contributed by atoms with Gasteiger partial charge in [-0.15, -0.1) is 11.3 Å². The number of aromatic nitrogens is 4. The third-order valence-electron chi connectivity index (χ3n) is 3.06. The summed E-state index contributed by atoms with van der Waals surface area (Å²) in [5.41, 5.74) is 2.94. The van der Waals surface area contributed by atoms with Crippen LogP contribution in [0.5, 0.6) is 0 Å². The number of hydrogen-bond acceptors (Lipinski definition) is 6. The van der Waals surface area contributed by atoms with E-state index < -0.39 is 0 Å². The van der Waals surface area contributed by atoms with Crippen LogP contribution in [0.4, 0.5) is 0 Å². The van der Waals surface area contributed by atoms with Crippen molar-refractivity contribution in [1.82, 2.24) is 25.2 Å². The largest absolute Gasteiger partial charge is 0.351 e. The molecule has 0 fully saturated rings. The number of amides is 1. The zero-order chi connectivity index (χ0) is 15.5. The second-order valence-corrected chi connectivity index (χ2v) is 5.68. The van der Waals surface area contributed by atoms with Gasteiger partial charge in [0.25, 0.3) is 5.91 Å². The van der Waals surface area contributed by atoms with Crippen LogP contribution >= 0.6 is 11.3 Å². The Hall–Kier alpha value is -2.48. The first-order chi connectivity index (χ1) is 10.6. The van der Waals surface area contributed by atoms with Crippen molar-refractivity contribution in [2.75, 3.05) is 6.54 Å². The zero-order valence-electron chi connectivity index (χ0n) is 12.2. The highest BCUT2D eigenvalue weighted by molar-refractivity contribution is 7.12. The molecule has 0 aliphatic rings. The molecule has 0 spiro atoms. The Morgan fingerprint density at radius 3 is 3.00 bits per heavy atom. The molecular weight excluding hydrogens is 302 g/mol. The van der Waals surface area contributed by atoms with E-state index in [2.05, 4.69) is 20.6 Å². The van der Waals surface area contributed by atoms with Crippen molar-refractivity contribution in [1.29, 1.82) is 0 Å². The quantitative estimate of drug-likeness (QED) is 0.777. The third kappa shape index (κ3) is 3.06. The van der Waals surface area contributed by atoms with E-state index in [1.54, 1.807) is 0 Å². The SMILES string of the molecule is Cc1cc(C)n(-c2nc(CCNC(=O)c3ccno3)cs2)n1. The van der Waals surface area contributed by atoms with E-state index in [1.807, 2.05) is 30.0 Å². The van der Waals surface area contributed by atoms with Gasteiger partial charge < -0.3 is 9.84 Å². The molecule has 0 unspecified atom stereocenters. The van der Waals surface area contributed by atoms with Gasteiger partial charge in [-0.25, -0.2) is 9.67 Å². The van der Waals surface area contributed by atoms with Crippen molar-refractivity contribution in [3.8, 4) is 5.13 Å². The lowest BCUT2D eigenvalue weighted by atomic mass is 10.3. The Kier molecular flexibility index (Phi) is 4.01. The van der Waals surface area contributed by atoms with Gasteiger partial charge >= 0.3 is 0 Å². The zero-order valence-corrected chi connectivity index (χ0v) is 13.1. The number of nitrogens with zero attached hydrogens (tertiary/aromatic N) is 4. The van der Waals surface area contributed by atoms with E-state index in [0.717, 1.165) is 22.2 Å². The molecule has 22 heavy (non-hydrogen) atoms. The second kappa shape index (κ2) is 6.10. The molecule has 1 N–H and O–H groups in total. The normalized spacial score (nSPS) is 10.8. The summed E-state index contributed by atoms with van der Waals surface area (Å²) >= 11 is 1.53. The van der Waals surface area contributed by atoms with Crippen LogP contribution in [0.2, 0.25) is 0 Å². The molecule has 3 aromatic heterocycles. The molecule has 1 amide bonds. The van der Waals surface area contributed by atoms with Gasteiger partial charge in [0.1, 0.15) is 0 Å². The second-order valence-electron chi connectivity index (χ2n) is 4.84. The standard InChI is InChI=1S/C14H15N5O2S/c1-9-7-10(2)19(18-9)14-17-11(8-22-14)3-5-15-13(20)12-4-6-16-21-12/h4,6-8H,3,5H2,1-2H3,(H,15,20). The Bertz CT molecular complexity index is 775. The Balaban J connectivity index is 1.58. The smallest absolute Gasteiger partial charge is 0.289 e. The minimum absolute atomic E-state index is 0.210.